The van der Waals surface area contributed by atoms with Crippen molar-refractivity contribution >= 4 is 41.9 Å². The first kappa shape index (κ1) is 12.1. The number of nitrogens with two attached hydrogens (primary N) is 1. The van der Waals surface area contributed by atoms with Gasteiger partial charge in [-0.2, -0.15) is 0 Å². The summed E-state index contributed by atoms with van der Waals surface area (Å²) in [5.41, 5.74) is 0.299. The third-order valence-corrected chi connectivity index (χ3v) is 3.76. The number of sulfonamides is 1. The number of hydrogen-bond donors (Lipinski definition) is 1. The fourth-order valence-corrected chi connectivity index (χ4v) is 2.86. The molecule has 7 heteroatoms. The Labute approximate surface area is 97.8 Å². The Balaban J connectivity index is 3.51. The highest BCUT2D eigenvalue weighted by Gasteiger charge is 2.16. The lowest BCUT2D eigenvalue weighted by Crippen LogP contribution is -2.14. The van der Waals surface area contributed by atoms with Gasteiger partial charge in [0.05, 0.1) is 9.37 Å². The molecule has 0 aliphatic heterocycles. The average Bonchev–Trinajstić information content (AvgIpc) is 2.07. The van der Waals surface area contributed by atoms with E-state index in [0.29, 0.717) is 5.56 Å². The molecular weight excluding hydrogens is 341 g/mol. The molecular formula is C7H6Br2FNO2S. The number of alkyl halides is 1. The molecule has 0 amide bonds. The zero-order chi connectivity index (χ0) is 10.9. The van der Waals surface area contributed by atoms with E-state index in [2.05, 4.69) is 31.9 Å². The highest BCUT2D eigenvalue weighted by molar-refractivity contribution is 9.10. The van der Waals surface area contributed by atoms with Crippen LogP contribution in [-0.4, -0.2) is 8.42 Å². The first-order valence-corrected chi connectivity index (χ1v) is 6.89. The summed E-state index contributed by atoms with van der Waals surface area (Å²) in [6.07, 6.45) is 0. The Hall–Kier alpha value is 0.0200. The Kier molecular flexibility index (Phi) is 3.68. The molecule has 1 aromatic rings. The molecule has 0 fully saturated rings. The molecule has 0 aliphatic carbocycles. The van der Waals surface area contributed by atoms with E-state index in [4.69, 9.17) is 5.14 Å². The van der Waals surface area contributed by atoms with E-state index in [9.17, 15) is 12.8 Å². The highest BCUT2D eigenvalue weighted by Crippen LogP contribution is 2.25. The summed E-state index contributed by atoms with van der Waals surface area (Å²) in [6.45, 7) is 0. The molecule has 2 N–H and O–H groups in total. The quantitative estimate of drug-likeness (QED) is 0.834. The van der Waals surface area contributed by atoms with Crippen LogP contribution in [0.25, 0.3) is 0 Å². The van der Waals surface area contributed by atoms with Crippen molar-refractivity contribution in [1.82, 2.24) is 0 Å². The molecule has 3 nitrogen and oxygen atoms in total. The van der Waals surface area contributed by atoms with E-state index in [0.717, 1.165) is 12.1 Å². The van der Waals surface area contributed by atoms with Gasteiger partial charge in [0, 0.05) is 5.33 Å². The number of rotatable bonds is 2. The summed E-state index contributed by atoms with van der Waals surface area (Å²) >= 11 is 5.95. The summed E-state index contributed by atoms with van der Waals surface area (Å²) in [5, 5.41) is 5.19. The van der Waals surface area contributed by atoms with Crippen molar-refractivity contribution in [2.75, 3.05) is 0 Å². The molecule has 0 heterocycles. The van der Waals surface area contributed by atoms with Crippen LogP contribution in [0.1, 0.15) is 5.56 Å². The molecule has 0 saturated carbocycles. The van der Waals surface area contributed by atoms with Crippen LogP contribution in [0.15, 0.2) is 21.5 Å². The monoisotopic (exact) mass is 345 g/mol. The van der Waals surface area contributed by atoms with E-state index in [1.165, 1.54) is 0 Å². The lowest BCUT2D eigenvalue weighted by atomic mass is 10.2. The summed E-state index contributed by atoms with van der Waals surface area (Å²) < 4.78 is 35.3. The topological polar surface area (TPSA) is 60.2 Å². The molecule has 0 unspecified atom stereocenters. The Morgan fingerprint density at radius 1 is 1.43 bits per heavy atom. The van der Waals surface area contributed by atoms with Crippen molar-refractivity contribution in [3.63, 3.8) is 0 Å². The van der Waals surface area contributed by atoms with E-state index < -0.39 is 15.8 Å². The number of halogens is 3. The van der Waals surface area contributed by atoms with Crippen molar-refractivity contribution in [2.45, 2.75) is 10.2 Å². The predicted molar refractivity (Wildman–Crippen MR) is 58.1 cm³/mol. The first-order valence-electron chi connectivity index (χ1n) is 3.43. The van der Waals surface area contributed by atoms with Gasteiger partial charge in [0.1, 0.15) is 5.82 Å². The van der Waals surface area contributed by atoms with Crippen LogP contribution >= 0.6 is 31.9 Å². The smallest absolute Gasteiger partial charge is 0.225 e. The van der Waals surface area contributed by atoms with Crippen molar-refractivity contribution in [1.29, 1.82) is 0 Å². The maximum Gasteiger partial charge on any atom is 0.238 e. The van der Waals surface area contributed by atoms with Gasteiger partial charge in [0.25, 0.3) is 0 Å². The molecule has 0 bridgehead atoms. The normalized spacial score (nSPS) is 11.7. The van der Waals surface area contributed by atoms with Crippen LogP contribution in [0.4, 0.5) is 4.39 Å². The Morgan fingerprint density at radius 2 is 2.00 bits per heavy atom. The van der Waals surface area contributed by atoms with Gasteiger partial charge in [-0.3, -0.25) is 0 Å². The van der Waals surface area contributed by atoms with Gasteiger partial charge in [-0.25, -0.2) is 17.9 Å². The van der Waals surface area contributed by atoms with Gasteiger partial charge in [0.15, 0.2) is 0 Å². The van der Waals surface area contributed by atoms with Crippen LogP contribution in [0.2, 0.25) is 0 Å². The van der Waals surface area contributed by atoms with Crippen LogP contribution in [-0.2, 0) is 15.4 Å². The average molecular weight is 347 g/mol. The van der Waals surface area contributed by atoms with Crippen molar-refractivity contribution in [3.05, 3.63) is 28.0 Å². The molecule has 0 spiro atoms. The maximum absolute atomic E-state index is 13.0. The second kappa shape index (κ2) is 4.26. The fraction of sp³-hybridized carbons (Fsp3) is 0.143. The molecule has 0 radical (unpaired) electrons. The summed E-state index contributed by atoms with van der Waals surface area (Å²) in [6, 6.07) is 2.28. The zero-order valence-corrected chi connectivity index (χ0v) is 10.8. The SMILES string of the molecule is NS(=O)(=O)c1cc(Br)c(F)cc1CBr. The molecule has 0 atom stereocenters. The second-order valence-corrected chi connectivity index (χ2v) is 5.50. The molecule has 0 aromatic heterocycles. The molecule has 14 heavy (non-hydrogen) atoms. The third kappa shape index (κ3) is 2.53. The number of benzene rings is 1. The largest absolute Gasteiger partial charge is 0.238 e. The van der Waals surface area contributed by atoms with Gasteiger partial charge in [0.2, 0.25) is 10.0 Å². The lowest BCUT2D eigenvalue weighted by molar-refractivity contribution is 0.594. The second-order valence-electron chi connectivity index (χ2n) is 2.55. The van der Waals surface area contributed by atoms with Gasteiger partial charge in [-0.05, 0) is 33.6 Å². The van der Waals surface area contributed by atoms with Gasteiger partial charge >= 0.3 is 0 Å². The minimum atomic E-state index is -3.81. The lowest BCUT2D eigenvalue weighted by Gasteiger charge is -2.06. The summed E-state index contributed by atoms with van der Waals surface area (Å²) in [5.74, 6) is -0.521. The summed E-state index contributed by atoms with van der Waals surface area (Å²) in [4.78, 5) is -0.0809. The minimum Gasteiger partial charge on any atom is -0.225 e. The zero-order valence-electron chi connectivity index (χ0n) is 6.80. The Bertz CT molecular complexity index is 461. The molecule has 78 valence electrons. The van der Waals surface area contributed by atoms with E-state index in [-0.39, 0.29) is 14.7 Å². The predicted octanol–water partition coefficient (Wildman–Crippen LogP) is 2.13. The minimum absolute atomic E-state index is 0.0752. The van der Waals surface area contributed by atoms with Gasteiger partial charge < -0.3 is 0 Å². The number of hydrogen-bond acceptors (Lipinski definition) is 2. The van der Waals surface area contributed by atoms with E-state index in [1.54, 1.807) is 0 Å². The van der Waals surface area contributed by atoms with Crippen LogP contribution in [0, 0.1) is 5.82 Å². The van der Waals surface area contributed by atoms with E-state index >= 15 is 0 Å². The first-order chi connectivity index (χ1) is 6.36. The third-order valence-electron chi connectivity index (χ3n) is 1.55. The van der Waals surface area contributed by atoms with Crippen LogP contribution < -0.4 is 5.14 Å². The Morgan fingerprint density at radius 3 is 2.43 bits per heavy atom. The molecule has 1 rings (SSSR count). The van der Waals surface area contributed by atoms with Gasteiger partial charge in [-0.15, -0.1) is 0 Å². The highest BCUT2D eigenvalue weighted by atomic mass is 79.9. The van der Waals surface area contributed by atoms with E-state index in [1.807, 2.05) is 0 Å². The van der Waals surface area contributed by atoms with Crippen molar-refractivity contribution in [2.24, 2.45) is 5.14 Å². The van der Waals surface area contributed by atoms with Crippen molar-refractivity contribution in [3.8, 4) is 0 Å². The number of primary sulfonamides is 1. The molecule has 0 aliphatic rings. The van der Waals surface area contributed by atoms with Crippen molar-refractivity contribution < 1.29 is 12.8 Å². The fourth-order valence-electron chi connectivity index (χ4n) is 0.939. The van der Waals surface area contributed by atoms with Gasteiger partial charge in [-0.1, -0.05) is 15.9 Å². The molecule has 0 saturated heterocycles. The van der Waals surface area contributed by atoms with Crippen LogP contribution in [0.3, 0.4) is 0 Å². The summed E-state index contributed by atoms with van der Waals surface area (Å²) in [7, 11) is -3.81. The molecule has 1 aromatic carbocycles. The van der Waals surface area contributed by atoms with Crippen LogP contribution in [0.5, 0.6) is 0 Å². The standard InChI is InChI=1S/C7H6Br2FNO2S/c8-3-4-1-6(10)5(9)2-7(4)14(11,12)13/h1-2H,3H2,(H2,11,12,13). The maximum atomic E-state index is 13.0.